The van der Waals surface area contributed by atoms with Crippen LogP contribution in [0, 0.1) is 0 Å². The Balaban J connectivity index is 3.52. The van der Waals surface area contributed by atoms with Crippen LogP contribution < -0.4 is 0 Å². The Kier molecular flexibility index (Phi) is 5.44. The number of hydrogen-bond acceptors (Lipinski definition) is 1. The van der Waals surface area contributed by atoms with Crippen molar-refractivity contribution in [1.82, 2.24) is 0 Å². The highest BCUT2D eigenvalue weighted by molar-refractivity contribution is 6.70. The molecule has 1 atom stereocenters. The second kappa shape index (κ2) is 4.89. The molecule has 5 heteroatoms. The third-order valence-corrected chi connectivity index (χ3v) is 2.11. The molecule has 62 valence electrons. The van der Waals surface area contributed by atoms with E-state index in [1.54, 1.807) is 0 Å². The van der Waals surface area contributed by atoms with Gasteiger partial charge in [0.25, 0.3) is 0 Å². The van der Waals surface area contributed by atoms with Gasteiger partial charge in [-0.2, -0.15) is 0 Å². The fourth-order valence-electron chi connectivity index (χ4n) is 0.316. The normalized spacial score (nSPS) is 15.3. The van der Waals surface area contributed by atoms with Gasteiger partial charge in [-0.05, 0) is 6.42 Å². The van der Waals surface area contributed by atoms with Crippen LogP contribution in [-0.2, 0) is 4.74 Å². The fourth-order valence-corrected chi connectivity index (χ4v) is 0.594. The average molecular weight is 226 g/mol. The maximum Gasteiger partial charge on any atom is 0.230 e. The van der Waals surface area contributed by atoms with E-state index in [9.17, 15) is 0 Å². The summed E-state index contributed by atoms with van der Waals surface area (Å²) >= 11 is 21.7. The van der Waals surface area contributed by atoms with Crippen LogP contribution in [0.3, 0.4) is 0 Å². The van der Waals surface area contributed by atoms with Gasteiger partial charge in [-0.1, -0.05) is 53.3 Å². The van der Waals surface area contributed by atoms with Crippen LogP contribution in [-0.4, -0.2) is 16.0 Å². The maximum absolute atomic E-state index is 5.52. The molecule has 0 amide bonds. The van der Waals surface area contributed by atoms with E-state index in [4.69, 9.17) is 51.1 Å². The molecule has 0 heterocycles. The minimum absolute atomic E-state index is 0.502. The summed E-state index contributed by atoms with van der Waals surface area (Å²) in [6.45, 7) is 2.45. The van der Waals surface area contributed by atoms with Gasteiger partial charge in [-0.15, -0.1) is 0 Å². The maximum atomic E-state index is 5.52. The molecule has 0 rings (SSSR count). The Morgan fingerprint density at radius 1 is 1.40 bits per heavy atom. The van der Waals surface area contributed by atoms with Gasteiger partial charge in [0.15, 0.2) is 5.56 Å². The van der Waals surface area contributed by atoms with Gasteiger partial charge in [0.1, 0.15) is 0 Å². The average Bonchev–Trinajstić information content (AvgIpc) is 1.80. The van der Waals surface area contributed by atoms with Crippen LogP contribution in [0.2, 0.25) is 0 Å². The van der Waals surface area contributed by atoms with E-state index in [0.29, 0.717) is 6.61 Å². The zero-order valence-corrected chi connectivity index (χ0v) is 8.44. The van der Waals surface area contributed by atoms with Gasteiger partial charge in [0.2, 0.25) is 3.79 Å². The first kappa shape index (κ1) is 11.1. The van der Waals surface area contributed by atoms with Crippen molar-refractivity contribution in [1.29, 1.82) is 0 Å². The van der Waals surface area contributed by atoms with Crippen molar-refractivity contribution in [2.75, 3.05) is 6.61 Å². The van der Waals surface area contributed by atoms with Crippen LogP contribution in [0.5, 0.6) is 0 Å². The molecule has 0 aliphatic heterocycles. The van der Waals surface area contributed by atoms with Crippen LogP contribution in [0.15, 0.2) is 0 Å². The summed E-state index contributed by atoms with van der Waals surface area (Å²) in [7, 11) is 0. The van der Waals surface area contributed by atoms with E-state index < -0.39 is 9.36 Å². The molecule has 1 nitrogen and oxygen atoms in total. The van der Waals surface area contributed by atoms with Crippen molar-refractivity contribution in [3.8, 4) is 0 Å². The van der Waals surface area contributed by atoms with Crippen molar-refractivity contribution in [2.45, 2.75) is 22.7 Å². The summed E-state index contributed by atoms with van der Waals surface area (Å²) in [5, 5.41) is 0. The molecule has 0 aromatic carbocycles. The monoisotopic (exact) mass is 224 g/mol. The standard InChI is InChI=1S/C5H8Cl4O/c1-2-3-10-4(6)5(7,8)9/h4H,2-3H2,1H3. The molecule has 0 saturated heterocycles. The second-order valence-corrected chi connectivity index (χ2v) is 4.49. The van der Waals surface area contributed by atoms with Crippen molar-refractivity contribution in [2.24, 2.45) is 0 Å². The fraction of sp³-hybridized carbons (Fsp3) is 1.00. The van der Waals surface area contributed by atoms with Gasteiger partial charge < -0.3 is 4.74 Å². The smallest absolute Gasteiger partial charge is 0.230 e. The lowest BCUT2D eigenvalue weighted by atomic mass is 10.5. The molecular weight excluding hydrogens is 218 g/mol. The van der Waals surface area contributed by atoms with E-state index in [-0.39, 0.29) is 0 Å². The number of rotatable bonds is 3. The Morgan fingerprint density at radius 3 is 2.20 bits per heavy atom. The van der Waals surface area contributed by atoms with Crippen LogP contribution in [0.4, 0.5) is 0 Å². The lowest BCUT2D eigenvalue weighted by Gasteiger charge is -2.17. The van der Waals surface area contributed by atoms with E-state index in [1.807, 2.05) is 6.92 Å². The largest absolute Gasteiger partial charge is 0.358 e. The molecule has 0 aliphatic carbocycles. The highest BCUT2D eigenvalue weighted by Crippen LogP contribution is 2.34. The lowest BCUT2D eigenvalue weighted by molar-refractivity contribution is 0.110. The number of alkyl halides is 4. The van der Waals surface area contributed by atoms with Crippen molar-refractivity contribution < 1.29 is 4.74 Å². The molecule has 10 heavy (non-hydrogen) atoms. The Bertz CT molecular complexity index is 90.1. The minimum Gasteiger partial charge on any atom is -0.358 e. The first-order chi connectivity index (χ1) is 4.48. The van der Waals surface area contributed by atoms with Crippen molar-refractivity contribution in [3.63, 3.8) is 0 Å². The van der Waals surface area contributed by atoms with Gasteiger partial charge >= 0.3 is 0 Å². The number of hydrogen-bond donors (Lipinski definition) is 0. The molecule has 0 bridgehead atoms. The topological polar surface area (TPSA) is 9.23 Å². The molecule has 1 unspecified atom stereocenters. The van der Waals surface area contributed by atoms with Gasteiger partial charge in [0.05, 0.1) is 0 Å². The van der Waals surface area contributed by atoms with E-state index in [2.05, 4.69) is 0 Å². The van der Waals surface area contributed by atoms with E-state index in [1.165, 1.54) is 0 Å². The molecular formula is C5H8Cl4O. The van der Waals surface area contributed by atoms with Gasteiger partial charge in [-0.25, -0.2) is 0 Å². The quantitative estimate of drug-likeness (QED) is 0.670. The Labute approximate surface area is 80.5 Å². The first-order valence-electron chi connectivity index (χ1n) is 2.81. The molecule has 0 aliphatic rings. The molecule has 0 spiro atoms. The van der Waals surface area contributed by atoms with Gasteiger partial charge in [0, 0.05) is 6.61 Å². The Hall–Kier alpha value is 1.12. The predicted molar refractivity (Wildman–Crippen MR) is 46.2 cm³/mol. The van der Waals surface area contributed by atoms with Crippen molar-refractivity contribution >= 4 is 46.4 Å². The van der Waals surface area contributed by atoms with E-state index in [0.717, 1.165) is 6.42 Å². The van der Waals surface area contributed by atoms with Crippen LogP contribution in [0.1, 0.15) is 13.3 Å². The molecule has 0 radical (unpaired) electrons. The molecule has 0 fully saturated rings. The summed E-state index contributed by atoms with van der Waals surface area (Å²) in [4.78, 5) is 0. The third kappa shape index (κ3) is 4.86. The van der Waals surface area contributed by atoms with Crippen LogP contribution in [0.25, 0.3) is 0 Å². The highest BCUT2D eigenvalue weighted by atomic mass is 35.6. The zero-order chi connectivity index (χ0) is 8.20. The van der Waals surface area contributed by atoms with Crippen LogP contribution >= 0.6 is 46.4 Å². The summed E-state index contributed by atoms with van der Waals surface area (Å²) in [6.07, 6.45) is 0.851. The summed E-state index contributed by atoms with van der Waals surface area (Å²) in [5.41, 5.74) is -0.863. The minimum atomic E-state index is -1.53. The summed E-state index contributed by atoms with van der Waals surface area (Å²) in [5.74, 6) is 0. The first-order valence-corrected chi connectivity index (χ1v) is 4.38. The predicted octanol–water partition coefficient (Wildman–Crippen LogP) is 3.35. The lowest BCUT2D eigenvalue weighted by Crippen LogP contribution is -2.22. The Morgan fingerprint density at radius 2 is 1.90 bits per heavy atom. The van der Waals surface area contributed by atoms with E-state index >= 15 is 0 Å². The third-order valence-electron chi connectivity index (χ3n) is 0.726. The summed E-state index contributed by atoms with van der Waals surface area (Å²) in [6, 6.07) is 0. The molecule has 0 aromatic rings. The summed E-state index contributed by atoms with van der Waals surface area (Å²) < 4.78 is 3.39. The van der Waals surface area contributed by atoms with Crippen molar-refractivity contribution in [3.05, 3.63) is 0 Å². The number of ether oxygens (including phenoxy) is 1. The molecule has 0 aromatic heterocycles. The van der Waals surface area contributed by atoms with Gasteiger partial charge in [-0.3, -0.25) is 0 Å². The molecule has 0 N–H and O–H groups in total. The highest BCUT2D eigenvalue weighted by Gasteiger charge is 2.31. The molecule has 0 saturated carbocycles. The second-order valence-electron chi connectivity index (χ2n) is 1.73. The number of halogens is 4. The SMILES string of the molecule is CCCOC(Cl)C(Cl)(Cl)Cl. The zero-order valence-electron chi connectivity index (χ0n) is 5.41.